The lowest BCUT2D eigenvalue weighted by Gasteiger charge is -2.12. The van der Waals surface area contributed by atoms with Crippen molar-refractivity contribution in [2.24, 2.45) is 0 Å². The van der Waals surface area contributed by atoms with Gasteiger partial charge in [-0.3, -0.25) is 9.69 Å². The minimum Gasteiger partial charge on any atom is -0.325 e. The number of carbonyl (C=O) groups is 2. The van der Waals surface area contributed by atoms with Gasteiger partial charge in [-0.25, -0.2) is 18.9 Å². The Morgan fingerprint density at radius 1 is 1.38 bits per heavy atom. The van der Waals surface area contributed by atoms with E-state index < -0.39 is 17.9 Å². The van der Waals surface area contributed by atoms with Gasteiger partial charge in [-0.2, -0.15) is 5.10 Å². The molecular weight excluding hydrogens is 337 g/mol. The number of amides is 3. The largest absolute Gasteiger partial charge is 0.325 e. The number of aromatic nitrogens is 3. The van der Waals surface area contributed by atoms with Gasteiger partial charge in [0.1, 0.15) is 24.0 Å². The topological polar surface area (TPSA) is 80.1 Å². The third-order valence-electron chi connectivity index (χ3n) is 3.71. The third kappa shape index (κ3) is 2.96. The lowest BCUT2D eigenvalue weighted by Crippen LogP contribution is -2.33. The summed E-state index contributed by atoms with van der Waals surface area (Å²) in [4.78, 5) is 29.5. The average molecular weight is 352 g/mol. The molecule has 1 aromatic carbocycles. The minimum absolute atomic E-state index is 0.0340. The van der Waals surface area contributed by atoms with Crippen molar-refractivity contribution in [3.63, 3.8) is 0 Å². The molecule has 1 aromatic heterocycles. The number of halogens is 2. The van der Waals surface area contributed by atoms with Gasteiger partial charge in [0.25, 0.3) is 5.91 Å². The van der Waals surface area contributed by atoms with Gasteiger partial charge in [-0.1, -0.05) is 18.5 Å². The van der Waals surface area contributed by atoms with E-state index in [0.29, 0.717) is 24.5 Å². The van der Waals surface area contributed by atoms with Crippen LogP contribution in [0.2, 0.25) is 5.02 Å². The quantitative estimate of drug-likeness (QED) is 0.835. The predicted molar refractivity (Wildman–Crippen MR) is 84.4 cm³/mol. The van der Waals surface area contributed by atoms with Crippen LogP contribution in [0.15, 0.2) is 24.5 Å². The van der Waals surface area contributed by atoms with Crippen LogP contribution in [0.5, 0.6) is 0 Å². The maximum absolute atomic E-state index is 13.3. The Morgan fingerprint density at radius 2 is 2.17 bits per heavy atom. The molecule has 1 unspecified atom stereocenters. The summed E-state index contributed by atoms with van der Waals surface area (Å²) in [6, 6.07) is 3.07. The number of urea groups is 1. The first kappa shape index (κ1) is 16.4. The van der Waals surface area contributed by atoms with Gasteiger partial charge in [0, 0.05) is 13.0 Å². The summed E-state index contributed by atoms with van der Waals surface area (Å²) in [5.74, 6) is -0.348. The third-order valence-corrected chi connectivity index (χ3v) is 4.00. The van der Waals surface area contributed by atoms with Gasteiger partial charge >= 0.3 is 6.03 Å². The number of hydrogen-bond donors (Lipinski definition) is 1. The molecule has 1 aliphatic heterocycles. The van der Waals surface area contributed by atoms with Crippen LogP contribution in [-0.4, -0.2) is 44.2 Å². The van der Waals surface area contributed by atoms with Crippen molar-refractivity contribution in [2.45, 2.75) is 25.8 Å². The molecule has 0 spiro atoms. The highest BCUT2D eigenvalue weighted by Crippen LogP contribution is 2.20. The van der Waals surface area contributed by atoms with Crippen molar-refractivity contribution < 1.29 is 14.0 Å². The number of rotatable bonds is 5. The zero-order chi connectivity index (χ0) is 17.3. The van der Waals surface area contributed by atoms with E-state index in [0.717, 1.165) is 0 Å². The number of benzene rings is 1. The summed E-state index contributed by atoms with van der Waals surface area (Å²) in [6.07, 6.45) is 2.20. The zero-order valence-electron chi connectivity index (χ0n) is 12.9. The fourth-order valence-corrected chi connectivity index (χ4v) is 2.75. The summed E-state index contributed by atoms with van der Waals surface area (Å²) in [6.45, 7) is 2.27. The van der Waals surface area contributed by atoms with Crippen LogP contribution in [0.3, 0.4) is 0 Å². The second-order valence-corrected chi connectivity index (χ2v) is 5.79. The lowest BCUT2D eigenvalue weighted by atomic mass is 10.2. The molecule has 0 saturated carbocycles. The molecule has 126 valence electrons. The molecule has 1 atom stereocenters. The molecule has 1 saturated heterocycles. The SMILES string of the molecule is CCCN1C(=O)NC(Cc2ncnn2-c2ccc(F)c(Cl)c2)C1=O. The van der Waals surface area contributed by atoms with Crippen molar-refractivity contribution in [2.75, 3.05) is 6.54 Å². The number of nitrogens with zero attached hydrogens (tertiary/aromatic N) is 4. The molecule has 2 aromatic rings. The Morgan fingerprint density at radius 3 is 2.88 bits per heavy atom. The number of carbonyl (C=O) groups excluding carboxylic acids is 2. The molecular formula is C15H15ClFN5O2. The standard InChI is InChI=1S/C15H15ClFN5O2/c1-2-5-21-14(23)12(20-15(21)24)7-13-18-8-19-22(13)9-3-4-11(17)10(16)6-9/h3-4,6,8,12H,2,5,7H2,1H3,(H,20,24). The van der Waals surface area contributed by atoms with E-state index in [2.05, 4.69) is 15.4 Å². The molecule has 2 heterocycles. The fraction of sp³-hybridized carbons (Fsp3) is 0.333. The van der Waals surface area contributed by atoms with E-state index >= 15 is 0 Å². The molecule has 0 aliphatic carbocycles. The summed E-state index contributed by atoms with van der Waals surface area (Å²) >= 11 is 5.80. The summed E-state index contributed by atoms with van der Waals surface area (Å²) in [5.41, 5.74) is 0.524. The van der Waals surface area contributed by atoms with E-state index in [4.69, 9.17) is 11.6 Å². The van der Waals surface area contributed by atoms with Gasteiger partial charge in [0.05, 0.1) is 10.7 Å². The van der Waals surface area contributed by atoms with Gasteiger partial charge in [-0.05, 0) is 24.6 Å². The van der Waals surface area contributed by atoms with Crippen molar-refractivity contribution >= 4 is 23.5 Å². The number of nitrogens with one attached hydrogen (secondary N) is 1. The molecule has 0 bridgehead atoms. The van der Waals surface area contributed by atoms with E-state index in [1.165, 1.54) is 34.1 Å². The normalized spacial score (nSPS) is 17.5. The highest BCUT2D eigenvalue weighted by Gasteiger charge is 2.38. The first-order valence-corrected chi connectivity index (χ1v) is 7.85. The monoisotopic (exact) mass is 351 g/mol. The fourth-order valence-electron chi connectivity index (χ4n) is 2.57. The highest BCUT2D eigenvalue weighted by molar-refractivity contribution is 6.30. The Hall–Kier alpha value is -2.48. The van der Waals surface area contributed by atoms with Crippen molar-refractivity contribution in [3.05, 3.63) is 41.2 Å². The highest BCUT2D eigenvalue weighted by atomic mass is 35.5. The smallest absolute Gasteiger partial charge is 0.324 e. The second kappa shape index (κ2) is 6.56. The Labute approximate surface area is 142 Å². The lowest BCUT2D eigenvalue weighted by molar-refractivity contribution is -0.127. The van der Waals surface area contributed by atoms with Crippen LogP contribution < -0.4 is 5.32 Å². The van der Waals surface area contributed by atoms with Crippen molar-refractivity contribution in [1.82, 2.24) is 25.0 Å². The summed E-state index contributed by atoms with van der Waals surface area (Å²) < 4.78 is 14.8. The van der Waals surface area contributed by atoms with Crippen LogP contribution in [0.25, 0.3) is 5.69 Å². The van der Waals surface area contributed by atoms with Gasteiger partial charge in [0.15, 0.2) is 0 Å². The Balaban J connectivity index is 1.83. The van der Waals surface area contributed by atoms with Crippen LogP contribution in [0, 0.1) is 5.82 Å². The van der Waals surface area contributed by atoms with E-state index in [1.807, 2.05) is 6.92 Å². The molecule has 3 rings (SSSR count). The second-order valence-electron chi connectivity index (χ2n) is 5.38. The van der Waals surface area contributed by atoms with Crippen LogP contribution >= 0.6 is 11.6 Å². The first-order valence-electron chi connectivity index (χ1n) is 7.47. The summed E-state index contributed by atoms with van der Waals surface area (Å²) in [5, 5.41) is 6.70. The molecule has 24 heavy (non-hydrogen) atoms. The predicted octanol–water partition coefficient (Wildman–Crippen LogP) is 1.93. The molecule has 3 amide bonds. The molecule has 9 heteroatoms. The van der Waals surface area contributed by atoms with Crippen LogP contribution in [0.4, 0.5) is 9.18 Å². The van der Waals surface area contributed by atoms with Gasteiger partial charge in [0.2, 0.25) is 0 Å². The van der Waals surface area contributed by atoms with Crippen LogP contribution in [0.1, 0.15) is 19.2 Å². The first-order chi connectivity index (χ1) is 11.5. The molecule has 1 aliphatic rings. The molecule has 1 fully saturated rings. The molecule has 1 N–H and O–H groups in total. The van der Waals surface area contributed by atoms with Crippen molar-refractivity contribution in [3.8, 4) is 5.69 Å². The summed E-state index contributed by atoms with van der Waals surface area (Å²) in [7, 11) is 0. The van der Waals surface area contributed by atoms with Gasteiger partial charge in [-0.15, -0.1) is 0 Å². The number of hydrogen-bond acceptors (Lipinski definition) is 4. The maximum Gasteiger partial charge on any atom is 0.324 e. The van der Waals surface area contributed by atoms with Crippen LogP contribution in [-0.2, 0) is 11.2 Å². The van der Waals surface area contributed by atoms with E-state index in [-0.39, 0.29) is 17.4 Å². The average Bonchev–Trinajstić information content (AvgIpc) is 3.11. The Kier molecular flexibility index (Phi) is 4.48. The molecule has 7 nitrogen and oxygen atoms in total. The van der Waals surface area contributed by atoms with E-state index in [9.17, 15) is 14.0 Å². The van der Waals surface area contributed by atoms with Crippen molar-refractivity contribution in [1.29, 1.82) is 0 Å². The molecule has 0 radical (unpaired) electrons. The maximum atomic E-state index is 13.3. The number of imide groups is 1. The van der Waals surface area contributed by atoms with Gasteiger partial charge < -0.3 is 5.32 Å². The minimum atomic E-state index is -0.692. The van der Waals surface area contributed by atoms with E-state index in [1.54, 1.807) is 0 Å². The Bertz CT molecular complexity index is 794. The zero-order valence-corrected chi connectivity index (χ0v) is 13.6.